The molecule has 1 aromatic carbocycles. The van der Waals surface area contributed by atoms with Crippen molar-refractivity contribution in [2.45, 2.75) is 12.6 Å². The number of hydrogen-bond acceptors (Lipinski definition) is 1. The van der Waals surface area contributed by atoms with Gasteiger partial charge in [0.15, 0.2) is 0 Å². The molecule has 1 nitrogen and oxygen atoms in total. The van der Waals surface area contributed by atoms with E-state index >= 15 is 0 Å². The molecular weight excluding hydrogens is 227 g/mol. The van der Waals surface area contributed by atoms with Crippen LogP contribution in [0.2, 0.25) is 0 Å². The number of rotatable bonds is 1. The predicted molar refractivity (Wildman–Crippen MR) is 61.5 cm³/mol. The van der Waals surface area contributed by atoms with Crippen molar-refractivity contribution in [3.8, 4) is 0 Å². The minimum Gasteiger partial charge on any atom is -0.302 e. The Morgan fingerprint density at radius 3 is 2.24 bits per heavy atom. The predicted octanol–water partition coefficient (Wildman–Crippen LogP) is 3.42. The van der Waals surface area contributed by atoms with Crippen molar-refractivity contribution in [2.24, 2.45) is 0 Å². The molecule has 0 aromatic heterocycles. The monoisotopic (exact) mass is 241 g/mol. The van der Waals surface area contributed by atoms with Crippen LogP contribution in [0, 0.1) is 0 Å². The lowest BCUT2D eigenvalue weighted by Gasteiger charge is -2.22. The Balaban J connectivity index is 2.19. The van der Waals surface area contributed by atoms with Gasteiger partial charge in [0.25, 0.3) is 0 Å². The molecule has 1 heterocycles. The molecule has 0 N–H and O–H groups in total. The maximum absolute atomic E-state index is 12.4. The Morgan fingerprint density at radius 2 is 1.76 bits per heavy atom. The topological polar surface area (TPSA) is 3.24 Å². The van der Waals surface area contributed by atoms with E-state index in [9.17, 15) is 13.2 Å². The highest BCUT2D eigenvalue weighted by atomic mass is 19.4. The molecule has 1 aliphatic heterocycles. The van der Waals surface area contributed by atoms with Gasteiger partial charge >= 0.3 is 6.18 Å². The second kappa shape index (κ2) is 4.53. The molecule has 0 saturated heterocycles. The lowest BCUT2D eigenvalue weighted by atomic mass is 9.98. The van der Waals surface area contributed by atoms with Crippen molar-refractivity contribution in [1.29, 1.82) is 0 Å². The Morgan fingerprint density at radius 1 is 1.12 bits per heavy atom. The highest BCUT2D eigenvalue weighted by Gasteiger charge is 2.30. The van der Waals surface area contributed by atoms with Gasteiger partial charge in [-0.2, -0.15) is 13.2 Å². The molecule has 0 bridgehead atoms. The molecule has 0 saturated carbocycles. The zero-order valence-electron chi connectivity index (χ0n) is 9.59. The van der Waals surface area contributed by atoms with E-state index in [2.05, 4.69) is 11.0 Å². The summed E-state index contributed by atoms with van der Waals surface area (Å²) in [5, 5.41) is 0. The van der Waals surface area contributed by atoms with Crippen molar-refractivity contribution in [2.75, 3.05) is 20.1 Å². The number of likely N-dealkylation sites (N-methyl/N-ethyl adjacent to an activating group) is 1. The third-order valence-corrected chi connectivity index (χ3v) is 3.00. The van der Waals surface area contributed by atoms with Gasteiger partial charge < -0.3 is 4.90 Å². The van der Waals surface area contributed by atoms with Crippen LogP contribution < -0.4 is 0 Å². The highest BCUT2D eigenvalue weighted by Crippen LogP contribution is 2.30. The van der Waals surface area contributed by atoms with Crippen molar-refractivity contribution >= 4 is 5.57 Å². The summed E-state index contributed by atoms with van der Waals surface area (Å²) in [6.45, 7) is 1.81. The molecule has 4 heteroatoms. The summed E-state index contributed by atoms with van der Waals surface area (Å²) >= 11 is 0. The summed E-state index contributed by atoms with van der Waals surface area (Å²) in [6, 6.07) is 5.41. The van der Waals surface area contributed by atoms with Gasteiger partial charge in [0.1, 0.15) is 0 Å². The van der Waals surface area contributed by atoms with E-state index in [1.807, 2.05) is 7.05 Å². The van der Waals surface area contributed by atoms with E-state index in [-0.39, 0.29) is 0 Å². The molecule has 92 valence electrons. The SMILES string of the molecule is CN1CC=C(c2ccc(C(F)(F)F)cc2)CC1. The Hall–Kier alpha value is -1.29. The fourth-order valence-corrected chi connectivity index (χ4v) is 1.91. The average Bonchev–Trinajstić information content (AvgIpc) is 2.29. The first kappa shape index (κ1) is 12.2. The second-order valence-corrected chi connectivity index (χ2v) is 4.32. The van der Waals surface area contributed by atoms with Gasteiger partial charge in [0.2, 0.25) is 0 Å². The number of alkyl halides is 3. The van der Waals surface area contributed by atoms with Crippen LogP contribution >= 0.6 is 0 Å². The summed E-state index contributed by atoms with van der Waals surface area (Å²) in [5.74, 6) is 0. The maximum atomic E-state index is 12.4. The molecule has 17 heavy (non-hydrogen) atoms. The van der Waals surface area contributed by atoms with Crippen LogP contribution in [0.3, 0.4) is 0 Å². The highest BCUT2D eigenvalue weighted by molar-refractivity contribution is 5.66. The van der Waals surface area contributed by atoms with Crippen molar-refractivity contribution in [3.05, 3.63) is 41.5 Å². The summed E-state index contributed by atoms with van der Waals surface area (Å²) in [5.41, 5.74) is 1.44. The van der Waals surface area contributed by atoms with Crippen LogP contribution in [0.25, 0.3) is 5.57 Å². The smallest absolute Gasteiger partial charge is 0.302 e. The zero-order chi connectivity index (χ0) is 12.5. The number of hydrogen-bond donors (Lipinski definition) is 0. The molecule has 0 radical (unpaired) electrons. The molecule has 0 amide bonds. The minimum absolute atomic E-state index is 0.588. The van der Waals surface area contributed by atoms with E-state index in [4.69, 9.17) is 0 Å². The van der Waals surface area contributed by atoms with Crippen LogP contribution in [-0.2, 0) is 6.18 Å². The van der Waals surface area contributed by atoms with Crippen LogP contribution in [0.15, 0.2) is 30.3 Å². The fraction of sp³-hybridized carbons (Fsp3) is 0.385. The first-order chi connectivity index (χ1) is 7.97. The van der Waals surface area contributed by atoms with Crippen LogP contribution in [0.4, 0.5) is 13.2 Å². The van der Waals surface area contributed by atoms with Crippen molar-refractivity contribution in [3.63, 3.8) is 0 Å². The summed E-state index contributed by atoms with van der Waals surface area (Å²) in [6.07, 6.45) is -1.28. The van der Waals surface area contributed by atoms with E-state index in [1.54, 1.807) is 12.1 Å². The van der Waals surface area contributed by atoms with Crippen molar-refractivity contribution in [1.82, 2.24) is 4.90 Å². The molecule has 1 aromatic rings. The van der Waals surface area contributed by atoms with Crippen LogP contribution in [0.1, 0.15) is 17.5 Å². The van der Waals surface area contributed by atoms with Gasteiger partial charge in [-0.05, 0) is 36.7 Å². The van der Waals surface area contributed by atoms with Gasteiger partial charge in [-0.3, -0.25) is 0 Å². The number of nitrogens with zero attached hydrogens (tertiary/aromatic N) is 1. The first-order valence-corrected chi connectivity index (χ1v) is 5.52. The van der Waals surface area contributed by atoms with E-state index < -0.39 is 11.7 Å². The third kappa shape index (κ3) is 2.88. The standard InChI is InChI=1S/C13H14F3N/c1-17-8-6-11(7-9-17)10-2-4-12(5-3-10)13(14,15)16/h2-6H,7-9H2,1H3. The molecular formula is C13H14F3N. The molecule has 0 fully saturated rings. The second-order valence-electron chi connectivity index (χ2n) is 4.32. The van der Waals surface area contributed by atoms with E-state index in [1.165, 1.54) is 0 Å². The van der Waals surface area contributed by atoms with Gasteiger partial charge in [-0.15, -0.1) is 0 Å². The normalized spacial score (nSPS) is 18.0. The Kier molecular flexibility index (Phi) is 3.24. The third-order valence-electron chi connectivity index (χ3n) is 3.00. The zero-order valence-corrected chi connectivity index (χ0v) is 9.59. The summed E-state index contributed by atoms with van der Waals surface area (Å²) < 4.78 is 37.2. The van der Waals surface area contributed by atoms with Crippen molar-refractivity contribution < 1.29 is 13.2 Å². The van der Waals surface area contributed by atoms with Gasteiger partial charge in [-0.1, -0.05) is 18.2 Å². The number of halogens is 3. The van der Waals surface area contributed by atoms with Gasteiger partial charge in [0, 0.05) is 13.1 Å². The van der Waals surface area contributed by atoms with E-state index in [0.29, 0.717) is 0 Å². The lowest BCUT2D eigenvalue weighted by molar-refractivity contribution is -0.137. The average molecular weight is 241 g/mol. The van der Waals surface area contributed by atoms with Crippen LogP contribution in [0.5, 0.6) is 0 Å². The Bertz CT molecular complexity index is 417. The number of benzene rings is 1. The molecule has 0 atom stereocenters. The van der Waals surface area contributed by atoms with E-state index in [0.717, 1.165) is 42.8 Å². The van der Waals surface area contributed by atoms with Gasteiger partial charge in [-0.25, -0.2) is 0 Å². The Labute approximate surface area is 98.5 Å². The summed E-state index contributed by atoms with van der Waals surface area (Å²) in [7, 11) is 2.03. The minimum atomic E-state index is -4.25. The molecule has 1 aliphatic rings. The quantitative estimate of drug-likeness (QED) is 0.728. The van der Waals surface area contributed by atoms with Crippen LogP contribution in [-0.4, -0.2) is 25.0 Å². The first-order valence-electron chi connectivity index (χ1n) is 5.52. The summed E-state index contributed by atoms with van der Waals surface area (Å²) in [4.78, 5) is 2.17. The maximum Gasteiger partial charge on any atom is 0.416 e. The molecule has 0 unspecified atom stereocenters. The molecule has 0 aliphatic carbocycles. The molecule has 2 rings (SSSR count). The fourth-order valence-electron chi connectivity index (χ4n) is 1.91. The molecule has 0 spiro atoms. The largest absolute Gasteiger partial charge is 0.416 e. The van der Waals surface area contributed by atoms with Gasteiger partial charge in [0.05, 0.1) is 5.56 Å². The lowest BCUT2D eigenvalue weighted by Crippen LogP contribution is -2.23.